The number of hydrogen-bond donors (Lipinski definition) is 1. The van der Waals surface area contributed by atoms with Crippen LogP contribution >= 0.6 is 12.4 Å². The van der Waals surface area contributed by atoms with Gasteiger partial charge in [-0.05, 0) is 55.7 Å². The lowest BCUT2D eigenvalue weighted by Crippen LogP contribution is -2.44. The molecule has 0 aliphatic carbocycles. The quantitative estimate of drug-likeness (QED) is 0.902. The van der Waals surface area contributed by atoms with Gasteiger partial charge in [-0.15, -0.1) is 12.4 Å². The van der Waals surface area contributed by atoms with Gasteiger partial charge in [-0.3, -0.25) is 4.79 Å². The third-order valence-electron chi connectivity index (χ3n) is 4.99. The molecule has 24 heavy (non-hydrogen) atoms. The molecule has 0 bridgehead atoms. The first-order valence-corrected chi connectivity index (χ1v) is 8.54. The topological polar surface area (TPSA) is 55.6 Å². The highest BCUT2D eigenvalue weighted by Crippen LogP contribution is 2.25. The van der Waals surface area contributed by atoms with Crippen molar-refractivity contribution in [2.45, 2.75) is 44.3 Å². The van der Waals surface area contributed by atoms with Crippen LogP contribution in [0.25, 0.3) is 0 Å². The Morgan fingerprint density at radius 3 is 2.62 bits per heavy atom. The summed E-state index contributed by atoms with van der Waals surface area (Å²) in [5.41, 5.74) is 6.64. The fourth-order valence-electron chi connectivity index (χ4n) is 3.62. The SMILES string of the molecule is Cl.NC[C@H]1CC[C@@H](C(=O)N2CCC(Cc3cccc(F)c3)CC2)O1. The van der Waals surface area contributed by atoms with E-state index in [-0.39, 0.29) is 36.3 Å². The van der Waals surface area contributed by atoms with Crippen molar-refractivity contribution in [3.63, 3.8) is 0 Å². The van der Waals surface area contributed by atoms with Gasteiger partial charge < -0.3 is 15.4 Å². The van der Waals surface area contributed by atoms with Crippen molar-refractivity contribution in [1.82, 2.24) is 4.90 Å². The van der Waals surface area contributed by atoms with E-state index in [9.17, 15) is 9.18 Å². The molecule has 4 nitrogen and oxygen atoms in total. The zero-order chi connectivity index (χ0) is 16.2. The van der Waals surface area contributed by atoms with Crippen molar-refractivity contribution in [3.8, 4) is 0 Å². The molecule has 0 aromatic heterocycles. The first kappa shape index (κ1) is 19.2. The second-order valence-electron chi connectivity index (χ2n) is 6.66. The lowest BCUT2D eigenvalue weighted by molar-refractivity contribution is -0.144. The first-order chi connectivity index (χ1) is 11.2. The normalized spacial score (nSPS) is 24.7. The van der Waals surface area contributed by atoms with Crippen molar-refractivity contribution < 1.29 is 13.9 Å². The van der Waals surface area contributed by atoms with Crippen LogP contribution in [0.4, 0.5) is 4.39 Å². The van der Waals surface area contributed by atoms with Gasteiger partial charge in [-0.2, -0.15) is 0 Å². The summed E-state index contributed by atoms with van der Waals surface area (Å²) >= 11 is 0. The summed E-state index contributed by atoms with van der Waals surface area (Å²) < 4.78 is 19.0. The summed E-state index contributed by atoms with van der Waals surface area (Å²) in [5, 5.41) is 0. The van der Waals surface area contributed by atoms with Crippen molar-refractivity contribution in [1.29, 1.82) is 0 Å². The number of rotatable bonds is 4. The predicted molar refractivity (Wildman–Crippen MR) is 93.6 cm³/mol. The summed E-state index contributed by atoms with van der Waals surface area (Å²) in [6.45, 7) is 2.03. The molecule has 0 unspecified atom stereocenters. The van der Waals surface area contributed by atoms with Gasteiger partial charge >= 0.3 is 0 Å². The van der Waals surface area contributed by atoms with Gasteiger partial charge in [0.05, 0.1) is 6.10 Å². The van der Waals surface area contributed by atoms with Gasteiger partial charge in [0.15, 0.2) is 0 Å². The molecule has 3 rings (SSSR count). The summed E-state index contributed by atoms with van der Waals surface area (Å²) in [4.78, 5) is 14.4. The van der Waals surface area contributed by atoms with Crippen molar-refractivity contribution in [2.24, 2.45) is 11.7 Å². The molecule has 1 aromatic carbocycles. The smallest absolute Gasteiger partial charge is 0.251 e. The van der Waals surface area contributed by atoms with Gasteiger partial charge in [0, 0.05) is 19.6 Å². The second kappa shape index (κ2) is 8.79. The molecule has 0 radical (unpaired) electrons. The van der Waals surface area contributed by atoms with Crippen molar-refractivity contribution in [3.05, 3.63) is 35.6 Å². The molecule has 2 saturated heterocycles. The molecule has 134 valence electrons. The average Bonchev–Trinajstić information content (AvgIpc) is 3.04. The number of halogens is 2. The fraction of sp³-hybridized carbons (Fsp3) is 0.611. The Kier molecular flexibility index (Phi) is 7.02. The molecule has 0 spiro atoms. The Hall–Kier alpha value is -1.17. The van der Waals surface area contributed by atoms with E-state index >= 15 is 0 Å². The first-order valence-electron chi connectivity index (χ1n) is 8.54. The molecule has 2 atom stereocenters. The number of ether oxygens (including phenoxy) is 1. The molecule has 2 heterocycles. The number of likely N-dealkylation sites (tertiary alicyclic amines) is 1. The van der Waals surface area contributed by atoms with E-state index < -0.39 is 0 Å². The van der Waals surface area contributed by atoms with E-state index in [1.807, 2.05) is 11.0 Å². The standard InChI is InChI=1S/C18H25FN2O2.ClH/c19-15-3-1-2-14(11-15)10-13-6-8-21(9-7-13)18(22)17-5-4-16(12-20)23-17;/h1-3,11,13,16-17H,4-10,12,20H2;1H/t16-,17+;/m1./s1. The van der Waals surface area contributed by atoms with Crippen LogP contribution in [0, 0.1) is 11.7 Å². The van der Waals surface area contributed by atoms with Crippen molar-refractivity contribution >= 4 is 18.3 Å². The summed E-state index contributed by atoms with van der Waals surface area (Å²) in [5.74, 6) is 0.454. The molecular weight excluding hydrogens is 331 g/mol. The summed E-state index contributed by atoms with van der Waals surface area (Å²) in [7, 11) is 0. The van der Waals surface area contributed by atoms with Crippen LogP contribution in [0.3, 0.4) is 0 Å². The number of carbonyl (C=O) groups excluding carboxylic acids is 1. The zero-order valence-corrected chi connectivity index (χ0v) is 14.6. The van der Waals surface area contributed by atoms with Gasteiger partial charge in [0.2, 0.25) is 0 Å². The van der Waals surface area contributed by atoms with Gasteiger partial charge in [-0.1, -0.05) is 12.1 Å². The summed E-state index contributed by atoms with van der Waals surface area (Å²) in [6.07, 6.45) is 4.21. The minimum Gasteiger partial charge on any atom is -0.364 e. The van der Waals surface area contributed by atoms with Crippen LogP contribution in [-0.4, -0.2) is 42.6 Å². The number of nitrogens with two attached hydrogens (primary N) is 1. The molecule has 1 aromatic rings. The Morgan fingerprint density at radius 1 is 1.25 bits per heavy atom. The monoisotopic (exact) mass is 356 g/mol. The molecular formula is C18H26ClFN2O2. The van der Waals surface area contributed by atoms with E-state index in [4.69, 9.17) is 10.5 Å². The highest BCUT2D eigenvalue weighted by Gasteiger charge is 2.34. The Labute approximate surface area is 148 Å². The number of nitrogens with zero attached hydrogens (tertiary/aromatic N) is 1. The average molecular weight is 357 g/mol. The van der Waals surface area contributed by atoms with E-state index in [2.05, 4.69) is 0 Å². The maximum atomic E-state index is 13.2. The molecule has 1 amide bonds. The molecule has 2 fully saturated rings. The number of carbonyl (C=O) groups is 1. The number of hydrogen-bond acceptors (Lipinski definition) is 3. The fourth-order valence-corrected chi connectivity index (χ4v) is 3.62. The largest absolute Gasteiger partial charge is 0.364 e. The minimum atomic E-state index is -0.302. The van der Waals surface area contributed by atoms with E-state index in [1.54, 1.807) is 12.1 Å². The summed E-state index contributed by atoms with van der Waals surface area (Å²) in [6, 6.07) is 6.81. The second-order valence-corrected chi connectivity index (χ2v) is 6.66. The van der Waals surface area contributed by atoms with E-state index in [1.165, 1.54) is 6.07 Å². The van der Waals surface area contributed by atoms with Crippen LogP contribution < -0.4 is 5.73 Å². The third-order valence-corrected chi connectivity index (χ3v) is 4.99. The van der Waals surface area contributed by atoms with Gasteiger partial charge in [0.1, 0.15) is 11.9 Å². The minimum absolute atomic E-state index is 0. The molecule has 2 N–H and O–H groups in total. The molecule has 0 saturated carbocycles. The molecule has 2 aliphatic rings. The van der Waals surface area contributed by atoms with Gasteiger partial charge in [0.25, 0.3) is 5.91 Å². The third kappa shape index (κ3) is 4.68. The molecule has 6 heteroatoms. The van der Waals surface area contributed by atoms with Crippen LogP contribution in [0.2, 0.25) is 0 Å². The van der Waals surface area contributed by atoms with Crippen LogP contribution in [0.1, 0.15) is 31.2 Å². The maximum Gasteiger partial charge on any atom is 0.251 e. The van der Waals surface area contributed by atoms with Crippen molar-refractivity contribution in [2.75, 3.05) is 19.6 Å². The highest BCUT2D eigenvalue weighted by atomic mass is 35.5. The Bertz CT molecular complexity index is 550. The van der Waals surface area contributed by atoms with Crippen LogP contribution in [0.15, 0.2) is 24.3 Å². The lowest BCUT2D eigenvalue weighted by Gasteiger charge is -2.33. The number of benzene rings is 1. The van der Waals surface area contributed by atoms with Gasteiger partial charge in [-0.25, -0.2) is 4.39 Å². The number of piperidine rings is 1. The lowest BCUT2D eigenvalue weighted by atomic mass is 9.90. The van der Waals surface area contributed by atoms with E-state index in [0.717, 1.165) is 50.8 Å². The van der Waals surface area contributed by atoms with E-state index in [0.29, 0.717) is 12.5 Å². The van der Waals surface area contributed by atoms with Crippen LogP contribution in [-0.2, 0) is 16.0 Å². The highest BCUT2D eigenvalue weighted by molar-refractivity contribution is 5.85. The zero-order valence-electron chi connectivity index (χ0n) is 13.8. The number of amides is 1. The maximum absolute atomic E-state index is 13.2. The predicted octanol–water partition coefficient (Wildman–Crippen LogP) is 2.53. The molecule has 2 aliphatic heterocycles. The van der Waals surface area contributed by atoms with Crippen LogP contribution in [0.5, 0.6) is 0 Å². The Balaban J connectivity index is 0.00000208. The Morgan fingerprint density at radius 2 is 2.00 bits per heavy atom.